The fourth-order valence-corrected chi connectivity index (χ4v) is 3.62. The van der Waals surface area contributed by atoms with E-state index < -0.39 is 6.04 Å². The number of hydrogen-bond donors (Lipinski definition) is 1. The maximum absolute atomic E-state index is 13.5. The van der Waals surface area contributed by atoms with Gasteiger partial charge in [0.25, 0.3) is 0 Å². The van der Waals surface area contributed by atoms with Crippen LogP contribution in [0.3, 0.4) is 0 Å². The number of nitrogens with zero attached hydrogens (tertiary/aromatic N) is 1. The van der Waals surface area contributed by atoms with E-state index in [1.54, 1.807) is 35.2 Å². The molecule has 6 heteroatoms. The summed E-state index contributed by atoms with van der Waals surface area (Å²) in [5.74, 6) is -0.445. The van der Waals surface area contributed by atoms with Gasteiger partial charge in [-0.2, -0.15) is 0 Å². The summed E-state index contributed by atoms with van der Waals surface area (Å²) in [5.41, 5.74) is 2.42. The van der Waals surface area contributed by atoms with Crippen LogP contribution in [-0.4, -0.2) is 23.3 Å². The minimum absolute atomic E-state index is 0.142. The van der Waals surface area contributed by atoms with Crippen molar-refractivity contribution in [1.29, 1.82) is 0 Å². The smallest absolute Gasteiger partial charge is 0.247 e. The van der Waals surface area contributed by atoms with Crippen LogP contribution in [0.1, 0.15) is 22.7 Å². The maximum Gasteiger partial charge on any atom is 0.247 e. The molecule has 0 saturated carbocycles. The third kappa shape index (κ3) is 6.46. The second kappa shape index (κ2) is 11.5. The van der Waals surface area contributed by atoms with Crippen LogP contribution in [0.2, 0.25) is 10.0 Å². The third-order valence-corrected chi connectivity index (χ3v) is 5.46. The van der Waals surface area contributed by atoms with Crippen molar-refractivity contribution in [2.24, 2.45) is 0 Å². The Kier molecular flexibility index (Phi) is 8.48. The Hall–Kier alpha value is -3.08. The normalized spacial score (nSPS) is 11.4. The molecule has 0 aromatic heterocycles. The molecule has 0 bridgehead atoms. The van der Waals surface area contributed by atoms with Crippen molar-refractivity contribution in [2.45, 2.75) is 19.0 Å². The third-order valence-electron chi connectivity index (χ3n) is 4.95. The lowest BCUT2D eigenvalue weighted by Gasteiger charge is -2.31. The van der Waals surface area contributed by atoms with Gasteiger partial charge in [0.15, 0.2) is 0 Å². The van der Waals surface area contributed by atoms with Crippen molar-refractivity contribution in [3.63, 3.8) is 0 Å². The van der Waals surface area contributed by atoms with Gasteiger partial charge in [-0.05, 0) is 41.0 Å². The van der Waals surface area contributed by atoms with E-state index in [4.69, 9.17) is 23.2 Å². The molecule has 164 valence electrons. The van der Waals surface area contributed by atoms with Gasteiger partial charge in [0.1, 0.15) is 6.04 Å². The van der Waals surface area contributed by atoms with Crippen LogP contribution in [0, 0.1) is 0 Å². The Bertz CT molecular complexity index is 1050. The molecule has 0 radical (unpaired) electrons. The van der Waals surface area contributed by atoms with Crippen molar-refractivity contribution in [2.75, 3.05) is 6.54 Å². The fourth-order valence-electron chi connectivity index (χ4n) is 3.37. The summed E-state index contributed by atoms with van der Waals surface area (Å²) < 4.78 is 0. The summed E-state index contributed by atoms with van der Waals surface area (Å²) >= 11 is 12.0. The van der Waals surface area contributed by atoms with E-state index in [1.807, 2.05) is 54.6 Å². The number of carbonyl (C=O) groups is 2. The zero-order chi connectivity index (χ0) is 22.9. The highest BCUT2D eigenvalue weighted by molar-refractivity contribution is 6.30. The highest BCUT2D eigenvalue weighted by Gasteiger charge is 2.31. The number of halogens is 2. The lowest BCUT2D eigenvalue weighted by atomic mass is 10.0. The molecule has 32 heavy (non-hydrogen) atoms. The zero-order valence-electron chi connectivity index (χ0n) is 17.5. The lowest BCUT2D eigenvalue weighted by Crippen LogP contribution is -2.44. The summed E-state index contributed by atoms with van der Waals surface area (Å²) in [6, 6.07) is 22.9. The van der Waals surface area contributed by atoms with Gasteiger partial charge in [-0.3, -0.25) is 9.59 Å². The van der Waals surface area contributed by atoms with E-state index in [1.165, 1.54) is 0 Å². The Morgan fingerprint density at radius 2 is 1.44 bits per heavy atom. The second-order valence-corrected chi connectivity index (χ2v) is 8.17. The van der Waals surface area contributed by atoms with Crippen LogP contribution < -0.4 is 5.32 Å². The summed E-state index contributed by atoms with van der Waals surface area (Å²) in [6.45, 7) is 4.23. The molecule has 0 aliphatic heterocycles. The minimum Gasteiger partial charge on any atom is -0.351 e. The summed E-state index contributed by atoms with van der Waals surface area (Å²) in [5, 5.41) is 4.05. The zero-order valence-corrected chi connectivity index (χ0v) is 19.0. The van der Waals surface area contributed by atoms with E-state index in [9.17, 15) is 9.59 Å². The van der Waals surface area contributed by atoms with E-state index in [-0.39, 0.29) is 24.8 Å². The average molecular weight is 467 g/mol. The Morgan fingerprint density at radius 3 is 2.00 bits per heavy atom. The van der Waals surface area contributed by atoms with Gasteiger partial charge in [0.05, 0.1) is 6.42 Å². The van der Waals surface area contributed by atoms with Crippen molar-refractivity contribution in [3.8, 4) is 0 Å². The number of rotatable bonds is 9. The molecule has 0 unspecified atom stereocenters. The van der Waals surface area contributed by atoms with Gasteiger partial charge in [0.2, 0.25) is 11.8 Å². The number of benzene rings is 3. The summed E-state index contributed by atoms with van der Waals surface area (Å²) in [4.78, 5) is 28.3. The molecule has 3 aromatic rings. The monoisotopic (exact) mass is 466 g/mol. The molecule has 0 heterocycles. The van der Waals surface area contributed by atoms with E-state index in [0.717, 1.165) is 16.7 Å². The first-order valence-electron chi connectivity index (χ1n) is 10.2. The van der Waals surface area contributed by atoms with Gasteiger partial charge >= 0.3 is 0 Å². The lowest BCUT2D eigenvalue weighted by molar-refractivity contribution is -0.141. The van der Waals surface area contributed by atoms with Crippen LogP contribution in [0.4, 0.5) is 0 Å². The molecule has 1 atom stereocenters. The van der Waals surface area contributed by atoms with Crippen LogP contribution >= 0.6 is 23.2 Å². The molecule has 0 saturated heterocycles. The topological polar surface area (TPSA) is 49.4 Å². The van der Waals surface area contributed by atoms with Gasteiger partial charge in [0, 0.05) is 23.1 Å². The first-order chi connectivity index (χ1) is 15.5. The molecule has 3 rings (SSSR count). The predicted octanol–water partition coefficient (Wildman–Crippen LogP) is 5.61. The highest BCUT2D eigenvalue weighted by Crippen LogP contribution is 2.25. The fraction of sp³-hybridized carbons (Fsp3) is 0.154. The van der Waals surface area contributed by atoms with Crippen molar-refractivity contribution >= 4 is 35.0 Å². The predicted molar refractivity (Wildman–Crippen MR) is 130 cm³/mol. The first kappa shape index (κ1) is 23.6. The van der Waals surface area contributed by atoms with E-state index in [0.29, 0.717) is 16.6 Å². The maximum atomic E-state index is 13.5. The molecular formula is C26H24Cl2N2O2. The molecule has 0 spiro atoms. The summed E-state index contributed by atoms with van der Waals surface area (Å²) in [7, 11) is 0. The van der Waals surface area contributed by atoms with Crippen molar-refractivity contribution in [3.05, 3.63) is 118 Å². The van der Waals surface area contributed by atoms with Gasteiger partial charge in [-0.25, -0.2) is 0 Å². The SMILES string of the molecule is C=CCNC(=O)[C@@H](c1ccccc1)N(Cc1ccc(Cl)cc1)C(=O)Cc1ccc(Cl)cc1. The number of nitrogens with one attached hydrogen (secondary N) is 1. The second-order valence-electron chi connectivity index (χ2n) is 7.30. The minimum atomic E-state index is -0.799. The molecule has 3 aromatic carbocycles. The van der Waals surface area contributed by atoms with Crippen LogP contribution in [0.5, 0.6) is 0 Å². The first-order valence-corrected chi connectivity index (χ1v) is 11.0. The highest BCUT2D eigenvalue weighted by atomic mass is 35.5. The molecule has 0 aliphatic rings. The number of carbonyl (C=O) groups excluding carboxylic acids is 2. The number of hydrogen-bond acceptors (Lipinski definition) is 2. The standard InChI is InChI=1S/C26H24Cl2N2O2/c1-2-16-29-26(32)25(21-6-4-3-5-7-21)30(18-20-10-14-23(28)15-11-20)24(31)17-19-8-12-22(27)13-9-19/h2-15,25H,1,16-18H2,(H,29,32)/t25-/m1/s1. The molecule has 4 nitrogen and oxygen atoms in total. The van der Waals surface area contributed by atoms with Gasteiger partial charge in [-0.1, -0.05) is 83.9 Å². The molecular weight excluding hydrogens is 443 g/mol. The molecule has 0 fully saturated rings. The quantitative estimate of drug-likeness (QED) is 0.416. The molecule has 0 aliphatic carbocycles. The van der Waals surface area contributed by atoms with Gasteiger partial charge in [-0.15, -0.1) is 6.58 Å². The van der Waals surface area contributed by atoms with Crippen molar-refractivity contribution < 1.29 is 9.59 Å². The van der Waals surface area contributed by atoms with Crippen LogP contribution in [0.15, 0.2) is 91.5 Å². The molecule has 2 amide bonds. The van der Waals surface area contributed by atoms with Crippen LogP contribution in [-0.2, 0) is 22.6 Å². The number of amides is 2. The molecule has 1 N–H and O–H groups in total. The average Bonchev–Trinajstić information content (AvgIpc) is 2.80. The van der Waals surface area contributed by atoms with E-state index in [2.05, 4.69) is 11.9 Å². The Labute approximate surface area is 198 Å². The Balaban J connectivity index is 1.98. The van der Waals surface area contributed by atoms with Crippen LogP contribution in [0.25, 0.3) is 0 Å². The van der Waals surface area contributed by atoms with Crippen molar-refractivity contribution in [1.82, 2.24) is 10.2 Å². The van der Waals surface area contributed by atoms with Gasteiger partial charge < -0.3 is 10.2 Å². The largest absolute Gasteiger partial charge is 0.351 e. The van der Waals surface area contributed by atoms with E-state index >= 15 is 0 Å². The Morgan fingerprint density at radius 1 is 0.875 bits per heavy atom. The summed E-state index contributed by atoms with van der Waals surface area (Å²) in [6.07, 6.45) is 1.75.